The number of aryl methyl sites for hydroxylation is 1. The van der Waals surface area contributed by atoms with Crippen molar-refractivity contribution in [3.8, 4) is 10.6 Å². The summed E-state index contributed by atoms with van der Waals surface area (Å²) < 4.78 is 1.25. The molecule has 90 valence electrons. The van der Waals surface area contributed by atoms with E-state index in [0.29, 0.717) is 0 Å². The Balaban J connectivity index is 2.40. The third kappa shape index (κ3) is 2.66. The molecular weight excluding hydrogens is 345 g/mol. The first kappa shape index (κ1) is 12.9. The van der Waals surface area contributed by atoms with Crippen LogP contribution in [0.5, 0.6) is 0 Å². The zero-order valence-corrected chi connectivity index (χ0v) is 13.0. The van der Waals surface area contributed by atoms with Gasteiger partial charge in [-0.3, -0.25) is 0 Å². The molecular formula is C12H14IN3S. The minimum Gasteiger partial charge on any atom is -0.311 e. The molecule has 0 saturated carbocycles. The molecule has 1 N–H and O–H groups in total. The maximum Gasteiger partial charge on any atom is 0.148 e. The fourth-order valence-corrected chi connectivity index (χ4v) is 3.19. The summed E-state index contributed by atoms with van der Waals surface area (Å²) in [7, 11) is 1.93. The Morgan fingerprint density at radius 3 is 2.82 bits per heavy atom. The molecule has 0 aliphatic heterocycles. The molecule has 1 heterocycles. The van der Waals surface area contributed by atoms with Crippen LogP contribution in [0.1, 0.15) is 23.5 Å². The van der Waals surface area contributed by atoms with Gasteiger partial charge < -0.3 is 5.32 Å². The number of hydrogen-bond donors (Lipinski definition) is 1. The van der Waals surface area contributed by atoms with Crippen LogP contribution in [0.3, 0.4) is 0 Å². The van der Waals surface area contributed by atoms with Crippen molar-refractivity contribution in [1.29, 1.82) is 0 Å². The number of hydrogen-bond acceptors (Lipinski definition) is 4. The van der Waals surface area contributed by atoms with Crippen LogP contribution in [0.15, 0.2) is 18.2 Å². The van der Waals surface area contributed by atoms with Crippen molar-refractivity contribution >= 4 is 33.9 Å². The van der Waals surface area contributed by atoms with Crippen LogP contribution in [0, 0.1) is 10.5 Å². The van der Waals surface area contributed by atoms with E-state index < -0.39 is 0 Å². The summed E-state index contributed by atoms with van der Waals surface area (Å²) in [6.45, 7) is 4.20. The standard InChI is InChI=1S/C12H14IN3S/c1-7-5-4-6-9(10(7)13)12-16-15-11(17-12)8(2)14-3/h4-6,8,14H,1-3H3. The molecule has 1 unspecified atom stereocenters. The van der Waals surface area contributed by atoms with Crippen LogP contribution in [0.2, 0.25) is 0 Å². The van der Waals surface area contributed by atoms with Crippen molar-refractivity contribution in [2.45, 2.75) is 19.9 Å². The maximum atomic E-state index is 4.28. The molecule has 5 heteroatoms. The molecule has 2 rings (SSSR count). The summed E-state index contributed by atoms with van der Waals surface area (Å²) >= 11 is 4.02. The summed E-state index contributed by atoms with van der Waals surface area (Å²) in [5, 5.41) is 13.7. The van der Waals surface area contributed by atoms with E-state index >= 15 is 0 Å². The summed E-state index contributed by atoms with van der Waals surface area (Å²) in [6.07, 6.45) is 0. The normalized spacial score (nSPS) is 12.7. The third-order valence-corrected chi connectivity index (χ3v) is 5.24. The van der Waals surface area contributed by atoms with E-state index in [1.165, 1.54) is 14.7 Å². The molecule has 0 radical (unpaired) electrons. The van der Waals surface area contributed by atoms with E-state index in [0.717, 1.165) is 10.0 Å². The first-order valence-corrected chi connectivity index (χ1v) is 7.29. The van der Waals surface area contributed by atoms with Gasteiger partial charge in [-0.2, -0.15) is 0 Å². The van der Waals surface area contributed by atoms with E-state index in [1.54, 1.807) is 11.3 Å². The van der Waals surface area contributed by atoms with Gasteiger partial charge in [0.15, 0.2) is 0 Å². The first-order chi connectivity index (χ1) is 8.13. The van der Waals surface area contributed by atoms with Crippen LogP contribution in [-0.4, -0.2) is 17.2 Å². The molecule has 1 aromatic heterocycles. The van der Waals surface area contributed by atoms with Gasteiger partial charge in [0.05, 0.1) is 6.04 Å². The van der Waals surface area contributed by atoms with Crippen molar-refractivity contribution in [2.75, 3.05) is 7.05 Å². The molecule has 2 aromatic rings. The minimum atomic E-state index is 0.253. The minimum absolute atomic E-state index is 0.253. The topological polar surface area (TPSA) is 37.8 Å². The van der Waals surface area contributed by atoms with Crippen LogP contribution >= 0.6 is 33.9 Å². The largest absolute Gasteiger partial charge is 0.311 e. The smallest absolute Gasteiger partial charge is 0.148 e. The number of rotatable bonds is 3. The van der Waals surface area contributed by atoms with Crippen LogP contribution in [-0.2, 0) is 0 Å². The zero-order valence-electron chi connectivity index (χ0n) is 9.99. The molecule has 0 spiro atoms. The first-order valence-electron chi connectivity index (χ1n) is 5.39. The molecule has 1 atom stereocenters. The predicted molar refractivity (Wildman–Crippen MR) is 80.3 cm³/mol. The molecule has 3 nitrogen and oxygen atoms in total. The third-order valence-electron chi connectivity index (χ3n) is 2.67. The fraction of sp³-hybridized carbons (Fsp3) is 0.333. The molecule has 0 aliphatic rings. The summed E-state index contributed by atoms with van der Waals surface area (Å²) in [4.78, 5) is 0. The van der Waals surface area contributed by atoms with Gasteiger partial charge >= 0.3 is 0 Å². The molecule has 0 amide bonds. The lowest BCUT2D eigenvalue weighted by molar-refractivity contribution is 0.640. The van der Waals surface area contributed by atoms with Crippen molar-refractivity contribution in [2.24, 2.45) is 0 Å². The second-order valence-electron chi connectivity index (χ2n) is 3.89. The lowest BCUT2D eigenvalue weighted by Gasteiger charge is -2.04. The molecule has 0 fully saturated rings. The van der Waals surface area contributed by atoms with E-state index in [1.807, 2.05) is 7.05 Å². The van der Waals surface area contributed by atoms with Gasteiger partial charge in [-0.25, -0.2) is 0 Å². The van der Waals surface area contributed by atoms with Gasteiger partial charge in [0.1, 0.15) is 10.0 Å². The highest BCUT2D eigenvalue weighted by Gasteiger charge is 2.13. The van der Waals surface area contributed by atoms with Crippen LogP contribution in [0.4, 0.5) is 0 Å². The van der Waals surface area contributed by atoms with E-state index in [9.17, 15) is 0 Å². The van der Waals surface area contributed by atoms with Crippen LogP contribution < -0.4 is 5.32 Å². The number of aromatic nitrogens is 2. The molecule has 0 bridgehead atoms. The molecule has 1 aromatic carbocycles. The second kappa shape index (κ2) is 5.41. The van der Waals surface area contributed by atoms with Crippen molar-refractivity contribution < 1.29 is 0 Å². The maximum absolute atomic E-state index is 4.28. The SMILES string of the molecule is CNC(C)c1nnc(-c2cccc(C)c2I)s1. The second-order valence-corrected chi connectivity index (χ2v) is 5.98. The lowest BCUT2D eigenvalue weighted by Crippen LogP contribution is -2.11. The number of nitrogens with one attached hydrogen (secondary N) is 1. The lowest BCUT2D eigenvalue weighted by atomic mass is 10.1. The number of nitrogens with zero attached hydrogens (tertiary/aromatic N) is 2. The number of halogens is 1. The highest BCUT2D eigenvalue weighted by molar-refractivity contribution is 14.1. The average molecular weight is 359 g/mol. The Morgan fingerprint density at radius 2 is 2.12 bits per heavy atom. The monoisotopic (exact) mass is 359 g/mol. The van der Waals surface area contributed by atoms with Gasteiger partial charge in [-0.1, -0.05) is 29.5 Å². The quantitative estimate of drug-likeness (QED) is 0.854. The van der Waals surface area contributed by atoms with Gasteiger partial charge in [-0.05, 0) is 49.0 Å². The Hall–Kier alpha value is -0.530. The van der Waals surface area contributed by atoms with E-state index in [-0.39, 0.29) is 6.04 Å². The van der Waals surface area contributed by atoms with Crippen molar-refractivity contribution in [3.63, 3.8) is 0 Å². The van der Waals surface area contributed by atoms with Crippen molar-refractivity contribution in [3.05, 3.63) is 32.3 Å². The van der Waals surface area contributed by atoms with Gasteiger partial charge in [0.2, 0.25) is 0 Å². The highest BCUT2D eigenvalue weighted by atomic mass is 127. The summed E-state index contributed by atoms with van der Waals surface area (Å²) in [5.41, 5.74) is 2.46. The van der Waals surface area contributed by atoms with Gasteiger partial charge in [0, 0.05) is 9.13 Å². The molecule has 0 saturated heterocycles. The number of benzene rings is 1. The molecule has 17 heavy (non-hydrogen) atoms. The molecule has 0 aliphatic carbocycles. The van der Waals surface area contributed by atoms with E-state index in [2.05, 4.69) is 70.2 Å². The average Bonchev–Trinajstić information content (AvgIpc) is 2.81. The predicted octanol–water partition coefficient (Wildman–Crippen LogP) is 3.40. The highest BCUT2D eigenvalue weighted by Crippen LogP contribution is 2.31. The Labute approximate surface area is 119 Å². The Morgan fingerprint density at radius 1 is 1.35 bits per heavy atom. The Kier molecular flexibility index (Phi) is 4.11. The van der Waals surface area contributed by atoms with Gasteiger partial charge in [0.25, 0.3) is 0 Å². The fourth-order valence-electron chi connectivity index (χ4n) is 1.45. The van der Waals surface area contributed by atoms with Crippen LogP contribution in [0.25, 0.3) is 10.6 Å². The Bertz CT molecular complexity index is 524. The van der Waals surface area contributed by atoms with E-state index in [4.69, 9.17) is 0 Å². The zero-order chi connectivity index (χ0) is 12.4. The van der Waals surface area contributed by atoms with Crippen molar-refractivity contribution in [1.82, 2.24) is 15.5 Å². The summed E-state index contributed by atoms with van der Waals surface area (Å²) in [6, 6.07) is 6.53. The summed E-state index contributed by atoms with van der Waals surface area (Å²) in [5.74, 6) is 0. The van der Waals surface area contributed by atoms with Gasteiger partial charge in [-0.15, -0.1) is 10.2 Å².